The number of ether oxygens (including phenoxy) is 1. The molecule has 3 atom stereocenters. The van der Waals surface area contributed by atoms with Crippen LogP contribution in [0.5, 0.6) is 5.75 Å². The van der Waals surface area contributed by atoms with Crippen LogP contribution in [-0.2, 0) is 20.7 Å². The molecule has 5 rings (SSSR count). The van der Waals surface area contributed by atoms with Crippen molar-refractivity contribution in [2.24, 2.45) is 5.73 Å². The molecule has 3 aromatic carbocycles. The molecule has 41 heavy (non-hydrogen) atoms. The first kappa shape index (κ1) is 29.9. The van der Waals surface area contributed by atoms with Crippen molar-refractivity contribution in [1.82, 2.24) is 9.21 Å². The Kier molecular flexibility index (Phi) is 8.19. The largest absolute Gasteiger partial charge is 0.491 e. The predicted octanol–water partition coefficient (Wildman–Crippen LogP) is 5.65. The summed E-state index contributed by atoms with van der Waals surface area (Å²) in [6, 6.07) is 12.0. The third kappa shape index (κ3) is 5.74. The third-order valence-electron chi connectivity index (χ3n) is 8.03. The van der Waals surface area contributed by atoms with E-state index in [1.165, 1.54) is 41.3 Å². The van der Waals surface area contributed by atoms with E-state index in [0.717, 1.165) is 12.4 Å². The Morgan fingerprint density at radius 1 is 1.02 bits per heavy atom. The Balaban J connectivity index is 1.55. The van der Waals surface area contributed by atoms with Gasteiger partial charge in [0.2, 0.25) is 15.9 Å². The Labute approximate surface area is 247 Å². The Morgan fingerprint density at radius 2 is 1.61 bits per heavy atom. The van der Waals surface area contributed by atoms with E-state index in [1.807, 2.05) is 13.8 Å². The third-order valence-corrected chi connectivity index (χ3v) is 10.4. The molecule has 2 saturated heterocycles. The fraction of sp³-hybridized carbons (Fsp3) is 0.433. The van der Waals surface area contributed by atoms with Crippen LogP contribution in [0.25, 0.3) is 10.8 Å². The van der Waals surface area contributed by atoms with Crippen molar-refractivity contribution in [2.75, 3.05) is 7.05 Å². The minimum Gasteiger partial charge on any atom is -0.491 e. The molecule has 220 valence electrons. The van der Waals surface area contributed by atoms with Crippen LogP contribution >= 0.6 is 15.9 Å². The lowest BCUT2D eigenvalue weighted by Crippen LogP contribution is -2.61. The second-order valence-electron chi connectivity index (χ2n) is 11.3. The van der Waals surface area contributed by atoms with Crippen molar-refractivity contribution in [2.45, 2.75) is 80.6 Å². The number of amides is 1. The summed E-state index contributed by atoms with van der Waals surface area (Å²) in [5.41, 5.74) is 5.72. The highest BCUT2D eigenvalue weighted by atomic mass is 79.9. The van der Waals surface area contributed by atoms with E-state index in [0.29, 0.717) is 45.6 Å². The number of likely N-dealkylation sites (N-methyl/N-ethyl adjacent to an activating group) is 1. The van der Waals surface area contributed by atoms with Crippen LogP contribution in [0.1, 0.15) is 45.1 Å². The summed E-state index contributed by atoms with van der Waals surface area (Å²) in [6.07, 6.45) is 2.29. The number of nitrogens with zero attached hydrogens (tertiary/aromatic N) is 2. The Morgan fingerprint density at radius 3 is 2.22 bits per heavy atom. The monoisotopic (exact) mass is 649 g/mol. The molecule has 2 heterocycles. The highest BCUT2D eigenvalue weighted by Crippen LogP contribution is 2.42. The number of hydrogen-bond donors (Lipinski definition) is 1. The van der Waals surface area contributed by atoms with Crippen molar-refractivity contribution in [1.29, 1.82) is 0 Å². The van der Waals surface area contributed by atoms with Gasteiger partial charge in [-0.15, -0.1) is 0 Å². The molecule has 3 unspecified atom stereocenters. The number of rotatable bonds is 8. The molecular formula is C30H34BrF2N3O4S. The van der Waals surface area contributed by atoms with Gasteiger partial charge in [0.05, 0.1) is 11.0 Å². The molecule has 0 aliphatic carbocycles. The Hall–Kier alpha value is -2.60. The lowest BCUT2D eigenvalue weighted by Gasteiger charge is -2.42. The van der Waals surface area contributed by atoms with Gasteiger partial charge in [-0.3, -0.25) is 4.79 Å². The second kappa shape index (κ2) is 11.2. The second-order valence-corrected chi connectivity index (χ2v) is 14.2. The fourth-order valence-corrected chi connectivity index (χ4v) is 7.71. The van der Waals surface area contributed by atoms with Crippen molar-refractivity contribution >= 4 is 42.6 Å². The first-order valence-corrected chi connectivity index (χ1v) is 15.9. The molecule has 0 spiro atoms. The van der Waals surface area contributed by atoms with Crippen LogP contribution in [0, 0.1) is 0 Å². The minimum atomic E-state index is -4.53. The number of carbonyl (C=O) groups excluding carboxylic acids is 1. The zero-order chi connectivity index (χ0) is 29.7. The Bertz CT molecular complexity index is 1540. The van der Waals surface area contributed by atoms with Gasteiger partial charge in [0.1, 0.15) is 5.75 Å². The number of piperidine rings is 1. The average molecular weight is 651 g/mol. The maximum atomic E-state index is 16.4. The molecule has 2 fully saturated rings. The highest BCUT2D eigenvalue weighted by molar-refractivity contribution is 9.10. The molecule has 0 saturated carbocycles. The van der Waals surface area contributed by atoms with Gasteiger partial charge in [-0.25, -0.2) is 8.42 Å². The lowest BCUT2D eigenvalue weighted by atomic mass is 9.94. The van der Waals surface area contributed by atoms with Gasteiger partial charge in [-0.2, -0.15) is 13.1 Å². The maximum absolute atomic E-state index is 16.4. The number of fused-ring (bicyclic) bond motifs is 3. The van der Waals surface area contributed by atoms with Crippen molar-refractivity contribution < 1.29 is 26.7 Å². The van der Waals surface area contributed by atoms with Crippen LogP contribution in [0.3, 0.4) is 0 Å². The van der Waals surface area contributed by atoms with Gasteiger partial charge in [0, 0.05) is 35.2 Å². The molecule has 11 heteroatoms. The number of carbonyl (C=O) groups is 1. The number of sulfonamides is 1. The van der Waals surface area contributed by atoms with E-state index in [1.54, 1.807) is 24.3 Å². The lowest BCUT2D eigenvalue weighted by molar-refractivity contribution is -0.154. The number of halogens is 3. The minimum absolute atomic E-state index is 0.0338. The van der Waals surface area contributed by atoms with E-state index in [4.69, 9.17) is 10.5 Å². The summed E-state index contributed by atoms with van der Waals surface area (Å²) in [5.74, 6) is -4.09. The van der Waals surface area contributed by atoms with Gasteiger partial charge in [0.25, 0.3) is 5.92 Å². The summed E-state index contributed by atoms with van der Waals surface area (Å²) in [4.78, 5) is 15.4. The van der Waals surface area contributed by atoms with Crippen molar-refractivity contribution in [3.8, 4) is 5.75 Å². The molecule has 0 radical (unpaired) electrons. The molecule has 3 aromatic rings. The zero-order valence-corrected chi connectivity index (χ0v) is 25.5. The van der Waals surface area contributed by atoms with Gasteiger partial charge in [-0.1, -0.05) is 40.2 Å². The van der Waals surface area contributed by atoms with Crippen LogP contribution in [0.15, 0.2) is 70.0 Å². The van der Waals surface area contributed by atoms with Gasteiger partial charge in [-0.05, 0) is 86.7 Å². The molecular weight excluding hydrogens is 616 g/mol. The number of alkyl halides is 2. The molecule has 7 nitrogen and oxygen atoms in total. The zero-order valence-electron chi connectivity index (χ0n) is 23.1. The van der Waals surface area contributed by atoms with Crippen molar-refractivity contribution in [3.05, 3.63) is 70.7 Å². The molecule has 0 aromatic heterocycles. The average Bonchev–Trinajstić information content (AvgIpc) is 3.18. The topological polar surface area (TPSA) is 92.9 Å². The summed E-state index contributed by atoms with van der Waals surface area (Å²) in [6.45, 7) is 3.81. The molecule has 1 amide bonds. The van der Waals surface area contributed by atoms with E-state index in [9.17, 15) is 13.2 Å². The smallest absolute Gasteiger partial charge is 0.298 e. The quantitative estimate of drug-likeness (QED) is 0.340. The van der Waals surface area contributed by atoms with Crippen molar-refractivity contribution in [3.63, 3.8) is 0 Å². The van der Waals surface area contributed by atoms with E-state index < -0.39 is 33.5 Å². The van der Waals surface area contributed by atoms with E-state index >= 15 is 8.78 Å². The first-order valence-electron chi connectivity index (χ1n) is 13.7. The number of nitrogens with two attached hydrogens (primary N) is 1. The van der Waals surface area contributed by atoms with Crippen LogP contribution in [0.4, 0.5) is 8.78 Å². The van der Waals surface area contributed by atoms with Crippen LogP contribution in [-0.4, -0.2) is 60.8 Å². The highest BCUT2D eigenvalue weighted by Gasteiger charge is 2.56. The molecule has 2 aliphatic heterocycles. The predicted molar refractivity (Wildman–Crippen MR) is 157 cm³/mol. The molecule has 2 N–H and O–H groups in total. The van der Waals surface area contributed by atoms with Gasteiger partial charge in [0.15, 0.2) is 6.04 Å². The number of benzene rings is 3. The normalized spacial score (nSPS) is 22.0. The standard InChI is InChI=1S/C30H34BrF2N3O4S/c1-18(2)40-26-12-4-20-15-27(13-5-19(20)14-26)41(38,39)35(3)28(30(32,33)21-6-8-22(31)9-7-21)29(37)36-24-10-11-25(36)17-23(34)16-24/h4-9,12-15,18,23-25,28H,10-11,16-17,34H2,1-3H3. The van der Waals surface area contributed by atoms with Gasteiger partial charge < -0.3 is 15.4 Å². The summed E-state index contributed by atoms with van der Waals surface area (Å²) >= 11 is 3.25. The SMILES string of the molecule is CC(C)Oc1ccc2cc(S(=O)(=O)N(C)C(C(=O)N3C4CCC3CC(N)C4)C(F)(F)c3ccc(Br)cc3)ccc2c1. The first-order chi connectivity index (χ1) is 19.3. The van der Waals surface area contributed by atoms with Crippen LogP contribution < -0.4 is 10.5 Å². The summed E-state index contributed by atoms with van der Waals surface area (Å²) < 4.78 is 67.6. The maximum Gasteiger partial charge on any atom is 0.298 e. The fourth-order valence-electron chi connectivity index (χ4n) is 6.10. The number of hydrogen-bond acceptors (Lipinski definition) is 5. The molecule has 2 aliphatic rings. The summed E-state index contributed by atoms with van der Waals surface area (Å²) in [5, 5.41) is 1.33. The summed E-state index contributed by atoms with van der Waals surface area (Å²) in [7, 11) is -3.46. The van der Waals surface area contributed by atoms with E-state index in [-0.39, 0.29) is 29.1 Å². The van der Waals surface area contributed by atoms with Crippen LogP contribution in [0.2, 0.25) is 0 Å². The molecule has 2 bridgehead atoms. The van der Waals surface area contributed by atoms with Gasteiger partial charge >= 0.3 is 0 Å². The van der Waals surface area contributed by atoms with E-state index in [2.05, 4.69) is 15.9 Å².